The van der Waals surface area contributed by atoms with Gasteiger partial charge in [-0.05, 0) is 17.2 Å². The van der Waals surface area contributed by atoms with E-state index in [9.17, 15) is 0 Å². The maximum absolute atomic E-state index is 8.49. The van der Waals surface area contributed by atoms with Crippen LogP contribution in [0.3, 0.4) is 0 Å². The third-order valence-corrected chi connectivity index (χ3v) is 4.00. The van der Waals surface area contributed by atoms with Crippen molar-refractivity contribution in [2.75, 3.05) is 0 Å². The Morgan fingerprint density at radius 2 is 1.03 bits per heavy atom. The van der Waals surface area contributed by atoms with Crippen molar-refractivity contribution in [1.29, 1.82) is 0 Å². The lowest BCUT2D eigenvalue weighted by Gasteiger charge is -2.17. The van der Waals surface area contributed by atoms with Crippen molar-refractivity contribution in [3.8, 4) is 22.5 Å². The molecule has 1 N–H and O–H groups in total. The summed E-state index contributed by atoms with van der Waals surface area (Å²) in [6.45, 7) is 0. The summed E-state index contributed by atoms with van der Waals surface area (Å²) in [6.07, 6.45) is 0. The van der Waals surface area contributed by atoms with E-state index >= 15 is 0 Å². The summed E-state index contributed by atoms with van der Waals surface area (Å²) in [6, 6.07) is 34.7. The van der Waals surface area contributed by atoms with Gasteiger partial charge in [0.2, 0.25) is 5.69 Å². The fourth-order valence-corrected chi connectivity index (χ4v) is 2.77. The van der Waals surface area contributed by atoms with E-state index in [1.165, 1.54) is 0 Å². The van der Waals surface area contributed by atoms with Crippen LogP contribution in [0.25, 0.3) is 22.5 Å². The third kappa shape index (κ3) is 6.97. The van der Waals surface area contributed by atoms with Crippen LogP contribution in [0, 0.1) is 10.2 Å². The maximum Gasteiger partial charge on any atom is 0.372 e. The Kier molecular flexibility index (Phi) is 7.13. The molecule has 3 aromatic carbocycles. The number of para-hydroxylation sites is 1. The molecule has 0 spiro atoms. The third-order valence-electron chi connectivity index (χ3n) is 4.00. The molecule has 0 saturated heterocycles. The molecule has 4 rings (SSSR count). The Labute approximate surface area is 175 Å². The Bertz CT molecular complexity index is 1060. The second-order valence-corrected chi connectivity index (χ2v) is 6.93. The predicted octanol–water partition coefficient (Wildman–Crippen LogP) is -0.829. The van der Waals surface area contributed by atoms with E-state index < -0.39 is 10.2 Å². The first kappa shape index (κ1) is 21.4. The number of benzene rings is 3. The molecule has 0 unspecified atom stereocenters. The number of hydrogen-bond acceptors (Lipinski definition) is 5. The molecule has 0 aliphatic heterocycles. The van der Waals surface area contributed by atoms with Crippen LogP contribution in [0.4, 0.5) is 5.69 Å². The smallest absolute Gasteiger partial charge is 0.372 e. The van der Waals surface area contributed by atoms with Crippen molar-refractivity contribution in [3.05, 3.63) is 109 Å². The van der Waals surface area contributed by atoms with Gasteiger partial charge in [0, 0.05) is 17.7 Å². The lowest BCUT2D eigenvalue weighted by Crippen LogP contribution is -2.70. The molecule has 0 atom stereocenters. The number of nitrogens with one attached hydrogen (secondary N) is 1. The molecule has 0 saturated carbocycles. The Morgan fingerprint density at radius 1 is 0.567 bits per heavy atom. The van der Waals surface area contributed by atoms with Crippen molar-refractivity contribution in [2.24, 2.45) is 0 Å². The molecule has 0 aliphatic carbocycles. The second kappa shape index (κ2) is 9.98. The van der Waals surface area contributed by atoms with Gasteiger partial charge in [0.05, 0.1) is 6.07 Å². The summed E-state index contributed by atoms with van der Waals surface area (Å²) in [5.74, 6) is 0.834. The Morgan fingerprint density at radius 3 is 1.57 bits per heavy atom. The van der Waals surface area contributed by atoms with Gasteiger partial charge in [-0.15, -0.1) is 10.2 Å². The largest absolute Gasteiger partial charge is 0.405 e. The van der Waals surface area contributed by atoms with Crippen molar-refractivity contribution < 1.29 is 38.3 Å². The average molecular weight is 424 g/mol. The molecule has 0 fully saturated rings. The van der Waals surface area contributed by atoms with Crippen LogP contribution in [0.2, 0.25) is 0 Å². The van der Waals surface area contributed by atoms with Gasteiger partial charge in [0.15, 0.2) is 0 Å². The van der Waals surface area contributed by atoms with Crippen LogP contribution in [0.5, 0.6) is 0 Å². The van der Waals surface area contributed by atoms with Gasteiger partial charge < -0.3 is 4.42 Å². The minimum Gasteiger partial charge on any atom is -0.405 e. The average Bonchev–Trinajstić information content (AvgIpc) is 2.74. The highest BCUT2D eigenvalue weighted by Crippen LogP contribution is 2.24. The first-order chi connectivity index (χ1) is 14.4. The van der Waals surface area contributed by atoms with Crippen LogP contribution in [0.15, 0.2) is 108 Å². The fourth-order valence-electron chi connectivity index (χ4n) is 2.77. The van der Waals surface area contributed by atoms with Gasteiger partial charge >= 0.3 is 5.55 Å². The van der Waals surface area contributed by atoms with Gasteiger partial charge in [0.25, 0.3) is 0 Å². The minimum absolute atomic E-state index is 0.714. The maximum atomic E-state index is 8.49. The Hall–Kier alpha value is -3.26. The minimum atomic E-state index is -4.94. The highest BCUT2D eigenvalue weighted by Gasteiger charge is 2.08. The van der Waals surface area contributed by atoms with Gasteiger partial charge in [-0.1, -0.05) is 78.9 Å². The van der Waals surface area contributed by atoms with Crippen LogP contribution >= 0.6 is 0 Å². The van der Waals surface area contributed by atoms with Gasteiger partial charge in [-0.25, -0.2) is 18.6 Å². The monoisotopic (exact) mass is 423 g/mol. The van der Waals surface area contributed by atoms with Crippen LogP contribution in [-0.2, 0) is 0 Å². The van der Waals surface area contributed by atoms with E-state index in [1.54, 1.807) is 0 Å². The van der Waals surface area contributed by atoms with Crippen molar-refractivity contribution in [1.82, 2.24) is 0 Å². The van der Waals surface area contributed by atoms with E-state index in [2.05, 4.69) is 35.3 Å². The van der Waals surface area contributed by atoms with Crippen molar-refractivity contribution in [2.45, 2.75) is 0 Å². The highest BCUT2D eigenvalue weighted by atomic mass is 35.7. The van der Waals surface area contributed by atoms with E-state index in [-0.39, 0.29) is 0 Å². The zero-order valence-corrected chi connectivity index (χ0v) is 16.5. The Balaban J connectivity index is 0.000000461. The number of hydrogen-bond donors (Lipinski definition) is 1. The van der Waals surface area contributed by atoms with Gasteiger partial charge in [-0.3, -0.25) is 0 Å². The normalized spacial score (nSPS) is 11.5. The fraction of sp³-hybridized carbons (Fsp3) is 0. The van der Waals surface area contributed by atoms with E-state index in [0.717, 1.165) is 28.1 Å². The zero-order valence-electron chi connectivity index (χ0n) is 15.7. The predicted molar refractivity (Wildman–Crippen MR) is 99.8 cm³/mol. The lowest BCUT2D eigenvalue weighted by molar-refractivity contribution is -2.00. The molecular weight excluding hydrogens is 406 g/mol. The summed E-state index contributed by atoms with van der Waals surface area (Å²) < 4.78 is 40.1. The standard InChI is InChI=1S/C23H17NO.ClHO4/c1-4-10-18(11-5-1)20-16-22(19-12-6-2-7-13-19)25-23(17-20)24-21-14-8-3-9-15-21;2-1(3,4)5/h1-17H;(H,2,3,4,5). The van der Waals surface area contributed by atoms with Crippen LogP contribution in [0.1, 0.15) is 0 Å². The molecule has 1 aromatic heterocycles. The van der Waals surface area contributed by atoms with E-state index in [4.69, 9.17) is 23.1 Å². The van der Waals surface area contributed by atoms with Gasteiger partial charge in [-0.2, -0.15) is 4.99 Å². The topological polar surface area (TPSA) is 119 Å². The molecule has 4 aromatic rings. The summed E-state index contributed by atoms with van der Waals surface area (Å²) in [5.41, 5.74) is 5.04. The molecule has 1 heterocycles. The van der Waals surface area contributed by atoms with Gasteiger partial charge in [0.1, 0.15) is 5.76 Å². The van der Waals surface area contributed by atoms with Crippen LogP contribution in [-0.4, -0.2) is 0 Å². The quantitative estimate of drug-likeness (QED) is 0.461. The molecule has 152 valence electrons. The SMILES string of the molecule is [O-][Cl+3]([O-])([O-])[O-].c1ccc([NH+]=c2cc(-c3ccccc3)cc(-c3ccccc3)o2)cc1. The highest BCUT2D eigenvalue weighted by molar-refractivity contribution is 5.68. The van der Waals surface area contributed by atoms with Crippen molar-refractivity contribution in [3.63, 3.8) is 0 Å². The first-order valence-electron chi connectivity index (χ1n) is 8.91. The molecule has 7 heteroatoms. The summed E-state index contributed by atoms with van der Waals surface area (Å²) >= 11 is 0. The second-order valence-electron chi connectivity index (χ2n) is 6.18. The number of rotatable bonds is 3. The lowest BCUT2D eigenvalue weighted by atomic mass is 10.0. The molecule has 0 aliphatic rings. The molecule has 0 bridgehead atoms. The molecular formula is C23H18ClNO5. The van der Waals surface area contributed by atoms with E-state index in [1.807, 2.05) is 72.8 Å². The summed E-state index contributed by atoms with van der Waals surface area (Å²) in [7, 11) is -4.94. The van der Waals surface area contributed by atoms with Crippen molar-refractivity contribution >= 4 is 5.69 Å². The molecule has 0 radical (unpaired) electrons. The number of halogens is 1. The molecule has 0 amide bonds. The zero-order chi connectivity index (χ0) is 21.4. The van der Waals surface area contributed by atoms with E-state index in [0.29, 0.717) is 5.55 Å². The summed E-state index contributed by atoms with van der Waals surface area (Å²) in [5, 5.41) is 0. The molecule has 6 nitrogen and oxygen atoms in total. The summed E-state index contributed by atoms with van der Waals surface area (Å²) in [4.78, 5) is 3.36. The first-order valence-corrected chi connectivity index (χ1v) is 10.1. The molecule has 30 heavy (non-hydrogen) atoms. The van der Waals surface area contributed by atoms with Crippen LogP contribution < -0.4 is 29.2 Å².